The van der Waals surface area contributed by atoms with E-state index in [1.54, 1.807) is 0 Å². The molecular weight excluding hydrogens is 777 g/mol. The van der Waals surface area contributed by atoms with Crippen LogP contribution in [0.4, 0.5) is 0 Å². The van der Waals surface area contributed by atoms with Crippen molar-refractivity contribution in [3.05, 3.63) is 242 Å². The van der Waals surface area contributed by atoms with Gasteiger partial charge in [-0.05, 0) is 57.6 Å². The highest BCUT2D eigenvalue weighted by atomic mass is 16.5. The molecule has 304 valence electrons. The van der Waals surface area contributed by atoms with E-state index in [4.69, 9.17) is 14.7 Å². The number of para-hydroxylation sites is 2. The van der Waals surface area contributed by atoms with E-state index in [-0.39, 0.29) is 5.41 Å². The third-order valence-electron chi connectivity index (χ3n) is 12.6. The fourth-order valence-corrected chi connectivity index (χ4v) is 9.09. The second-order valence-electron chi connectivity index (χ2n) is 17.0. The largest absolute Gasteiger partial charge is 0.455 e. The second kappa shape index (κ2) is 16.3. The van der Waals surface area contributed by atoms with Crippen LogP contribution in [0.3, 0.4) is 0 Å². The lowest BCUT2D eigenvalue weighted by molar-refractivity contribution is 0.421. The molecule has 0 saturated carbocycles. The Bertz CT molecular complexity index is 2930. The molecule has 1 aliphatic rings. The van der Waals surface area contributed by atoms with E-state index in [2.05, 4.69) is 232 Å². The van der Waals surface area contributed by atoms with Crippen molar-refractivity contribution in [3.63, 3.8) is 0 Å². The van der Waals surface area contributed by atoms with E-state index in [1.807, 2.05) is 12.1 Å². The van der Waals surface area contributed by atoms with Crippen LogP contribution < -0.4 is 4.74 Å². The van der Waals surface area contributed by atoms with Gasteiger partial charge in [0.2, 0.25) is 0 Å². The summed E-state index contributed by atoms with van der Waals surface area (Å²) in [6, 6.07) is 81.2. The molecule has 0 fully saturated rings. The highest BCUT2D eigenvalue weighted by molar-refractivity contribution is 5.84. The van der Waals surface area contributed by atoms with Crippen molar-refractivity contribution >= 4 is 0 Å². The topological polar surface area (TPSA) is 35.0 Å². The highest BCUT2D eigenvalue weighted by Gasteiger charge is 2.37. The van der Waals surface area contributed by atoms with E-state index in [0.29, 0.717) is 0 Å². The standard InChI is InChI=1S/C61H44N2O/c1-61(2)53-27-15-25-51(43-29-33-47(34-30-43)57-39-49(41-17-7-3-8-18-41)37-55(62-57)45-21-11-5-12-22-45)59(53)64-60-52(26-16-28-54(60)61)44-31-35-48(36-32-44)58-40-50(42-19-9-4-10-20-42)38-56(63-58)46-23-13-6-14-24-46/h3-40H,1-2H3. The number of fused-ring (bicyclic) bond motifs is 2. The van der Waals surface area contributed by atoms with Crippen molar-refractivity contribution in [3.8, 4) is 101 Å². The number of hydrogen-bond donors (Lipinski definition) is 0. The van der Waals surface area contributed by atoms with Crippen LogP contribution >= 0.6 is 0 Å². The molecule has 3 heterocycles. The lowest BCUT2D eigenvalue weighted by atomic mass is 9.74. The van der Waals surface area contributed by atoms with Crippen LogP contribution in [-0.2, 0) is 5.41 Å². The zero-order valence-electron chi connectivity index (χ0n) is 35.7. The maximum atomic E-state index is 7.15. The summed E-state index contributed by atoms with van der Waals surface area (Å²) in [6.07, 6.45) is 0. The average Bonchev–Trinajstić information content (AvgIpc) is 3.37. The van der Waals surface area contributed by atoms with Gasteiger partial charge in [-0.3, -0.25) is 0 Å². The number of ether oxygens (including phenoxy) is 1. The van der Waals surface area contributed by atoms with Crippen LogP contribution in [0.1, 0.15) is 25.0 Å². The Hall–Kier alpha value is -8.14. The molecule has 64 heavy (non-hydrogen) atoms. The van der Waals surface area contributed by atoms with Crippen molar-refractivity contribution in [1.82, 2.24) is 9.97 Å². The predicted molar refractivity (Wildman–Crippen MR) is 264 cm³/mol. The first kappa shape index (κ1) is 38.8. The molecular formula is C61H44N2O. The molecule has 0 saturated heterocycles. The number of pyridine rings is 2. The zero-order chi connectivity index (χ0) is 43.0. The summed E-state index contributed by atoms with van der Waals surface area (Å²) in [5, 5.41) is 0. The summed E-state index contributed by atoms with van der Waals surface area (Å²) in [6.45, 7) is 4.61. The zero-order valence-corrected chi connectivity index (χ0v) is 35.7. The molecule has 3 nitrogen and oxygen atoms in total. The molecule has 0 unspecified atom stereocenters. The van der Waals surface area contributed by atoms with Crippen molar-refractivity contribution in [1.29, 1.82) is 0 Å². The van der Waals surface area contributed by atoms with Gasteiger partial charge in [0, 0.05) is 49.9 Å². The summed E-state index contributed by atoms with van der Waals surface area (Å²) >= 11 is 0. The molecule has 0 bridgehead atoms. The molecule has 2 aromatic heterocycles. The number of hydrogen-bond acceptors (Lipinski definition) is 3. The average molecular weight is 821 g/mol. The van der Waals surface area contributed by atoms with E-state index in [0.717, 1.165) is 112 Å². The van der Waals surface area contributed by atoms with Gasteiger partial charge in [-0.25, -0.2) is 9.97 Å². The van der Waals surface area contributed by atoms with Gasteiger partial charge in [-0.2, -0.15) is 0 Å². The second-order valence-corrected chi connectivity index (χ2v) is 17.0. The number of aromatic nitrogens is 2. The Labute approximate surface area is 375 Å². The third kappa shape index (κ3) is 7.27. The smallest absolute Gasteiger partial charge is 0.139 e. The molecule has 0 spiro atoms. The molecule has 0 aliphatic carbocycles. The maximum Gasteiger partial charge on any atom is 0.139 e. The molecule has 0 radical (unpaired) electrons. The van der Waals surface area contributed by atoms with Crippen molar-refractivity contribution in [2.24, 2.45) is 0 Å². The normalized spacial score (nSPS) is 12.5. The number of nitrogens with zero attached hydrogens (tertiary/aromatic N) is 2. The highest BCUT2D eigenvalue weighted by Crippen LogP contribution is 2.54. The van der Waals surface area contributed by atoms with Gasteiger partial charge in [-0.15, -0.1) is 0 Å². The van der Waals surface area contributed by atoms with E-state index < -0.39 is 0 Å². The van der Waals surface area contributed by atoms with Crippen molar-refractivity contribution < 1.29 is 4.74 Å². The first-order chi connectivity index (χ1) is 31.5. The van der Waals surface area contributed by atoms with Gasteiger partial charge in [0.25, 0.3) is 0 Å². The molecule has 0 amide bonds. The molecule has 0 atom stereocenters. The van der Waals surface area contributed by atoms with Gasteiger partial charge in [-0.1, -0.05) is 220 Å². The Kier molecular flexibility index (Phi) is 9.86. The minimum absolute atomic E-state index is 0.305. The summed E-state index contributed by atoms with van der Waals surface area (Å²) in [4.78, 5) is 10.4. The van der Waals surface area contributed by atoms with Gasteiger partial charge < -0.3 is 4.74 Å². The van der Waals surface area contributed by atoms with E-state index in [1.165, 1.54) is 0 Å². The maximum absolute atomic E-state index is 7.15. The SMILES string of the molecule is CC1(C)c2cccc(-c3ccc(-c4cc(-c5ccccc5)cc(-c5ccccc5)n4)cc3)c2Oc2c(-c3ccc(-c4cc(-c5ccccc5)cc(-c5ccccc5)n4)cc3)cccc21. The molecule has 8 aromatic carbocycles. The van der Waals surface area contributed by atoms with Gasteiger partial charge in [0.05, 0.1) is 22.8 Å². The minimum atomic E-state index is -0.305. The first-order valence-corrected chi connectivity index (χ1v) is 21.9. The Balaban J connectivity index is 0.937. The lowest BCUT2D eigenvalue weighted by Gasteiger charge is -2.36. The van der Waals surface area contributed by atoms with Crippen molar-refractivity contribution in [2.45, 2.75) is 19.3 Å². The lowest BCUT2D eigenvalue weighted by Crippen LogP contribution is -2.25. The summed E-state index contributed by atoms with van der Waals surface area (Å²) in [7, 11) is 0. The Morgan fingerprint density at radius 3 is 0.922 bits per heavy atom. The van der Waals surface area contributed by atoms with Crippen molar-refractivity contribution in [2.75, 3.05) is 0 Å². The Morgan fingerprint density at radius 1 is 0.281 bits per heavy atom. The fraction of sp³-hybridized carbons (Fsp3) is 0.0492. The fourth-order valence-electron chi connectivity index (χ4n) is 9.09. The summed E-state index contributed by atoms with van der Waals surface area (Å²) < 4.78 is 7.15. The summed E-state index contributed by atoms with van der Waals surface area (Å²) in [5.41, 5.74) is 19.0. The number of rotatable bonds is 8. The quantitative estimate of drug-likeness (QED) is 0.153. The van der Waals surface area contributed by atoms with Crippen LogP contribution in [0.25, 0.3) is 89.5 Å². The minimum Gasteiger partial charge on any atom is -0.455 e. The molecule has 1 aliphatic heterocycles. The monoisotopic (exact) mass is 820 g/mol. The van der Waals surface area contributed by atoms with E-state index >= 15 is 0 Å². The number of benzene rings is 8. The Morgan fingerprint density at radius 2 is 0.578 bits per heavy atom. The molecule has 0 N–H and O–H groups in total. The predicted octanol–water partition coefficient (Wildman–Crippen LogP) is 16.2. The molecule has 11 rings (SSSR count). The molecule has 3 heteroatoms. The van der Waals surface area contributed by atoms with Crippen LogP contribution in [0, 0.1) is 0 Å². The molecule has 10 aromatic rings. The van der Waals surface area contributed by atoms with Crippen LogP contribution in [0.2, 0.25) is 0 Å². The van der Waals surface area contributed by atoms with Gasteiger partial charge >= 0.3 is 0 Å². The third-order valence-corrected chi connectivity index (χ3v) is 12.6. The van der Waals surface area contributed by atoms with Crippen LogP contribution in [0.15, 0.2) is 231 Å². The van der Waals surface area contributed by atoms with Gasteiger partial charge in [0.15, 0.2) is 0 Å². The van der Waals surface area contributed by atoms with Crippen LogP contribution in [0.5, 0.6) is 11.5 Å². The first-order valence-electron chi connectivity index (χ1n) is 21.9. The van der Waals surface area contributed by atoms with Gasteiger partial charge in [0.1, 0.15) is 11.5 Å². The van der Waals surface area contributed by atoms with Crippen LogP contribution in [-0.4, -0.2) is 9.97 Å². The summed E-state index contributed by atoms with van der Waals surface area (Å²) in [5.74, 6) is 1.78. The van der Waals surface area contributed by atoms with E-state index in [9.17, 15) is 0 Å².